The molecule has 5 nitrogen and oxygen atoms in total. The fourth-order valence-electron chi connectivity index (χ4n) is 5.84. The molecule has 0 saturated heterocycles. The van der Waals surface area contributed by atoms with Crippen LogP contribution in [-0.2, 0) is 13.1 Å². The first-order chi connectivity index (χ1) is 16.8. The van der Waals surface area contributed by atoms with E-state index >= 15 is 4.39 Å². The molecule has 186 valence electrons. The van der Waals surface area contributed by atoms with Crippen molar-refractivity contribution in [2.45, 2.75) is 50.9 Å². The van der Waals surface area contributed by atoms with Gasteiger partial charge in [0.25, 0.3) is 0 Å². The largest absolute Gasteiger partial charge is 0.478 e. The monoisotopic (exact) mass is 481 g/mol. The highest BCUT2D eigenvalue weighted by atomic mass is 19.1. The summed E-state index contributed by atoms with van der Waals surface area (Å²) in [5.41, 5.74) is 4.73. The molecule has 1 N–H and O–H groups in total. The third-order valence-electron chi connectivity index (χ3n) is 7.62. The lowest BCUT2D eigenvalue weighted by Crippen LogP contribution is -2.35. The molecule has 0 bridgehead atoms. The van der Waals surface area contributed by atoms with Crippen molar-refractivity contribution in [2.75, 3.05) is 33.7 Å². The molecule has 0 radical (unpaired) electrons. The Balaban J connectivity index is 1.75. The number of rotatable bonds is 5. The molecule has 7 heteroatoms. The second-order valence-electron chi connectivity index (χ2n) is 10.2. The van der Waals surface area contributed by atoms with Crippen molar-refractivity contribution >= 4 is 16.9 Å². The lowest BCUT2D eigenvalue weighted by molar-refractivity contribution is 0.0697. The highest BCUT2D eigenvalue weighted by Gasteiger charge is 2.34. The smallest absolute Gasteiger partial charge is 0.335 e. The summed E-state index contributed by atoms with van der Waals surface area (Å²) >= 11 is 0. The van der Waals surface area contributed by atoms with Crippen molar-refractivity contribution in [1.82, 2.24) is 14.4 Å². The molecule has 35 heavy (non-hydrogen) atoms. The quantitative estimate of drug-likeness (QED) is 0.522. The Morgan fingerprint density at radius 1 is 1.11 bits per heavy atom. The molecule has 3 aromatic rings. The van der Waals surface area contributed by atoms with E-state index in [0.717, 1.165) is 72.2 Å². The maximum absolute atomic E-state index is 15.4. The van der Waals surface area contributed by atoms with E-state index in [-0.39, 0.29) is 17.3 Å². The molecule has 0 amide bonds. The first-order valence-corrected chi connectivity index (χ1v) is 12.5. The van der Waals surface area contributed by atoms with Crippen molar-refractivity contribution < 1.29 is 18.7 Å². The van der Waals surface area contributed by atoms with Crippen molar-refractivity contribution in [1.29, 1.82) is 0 Å². The van der Waals surface area contributed by atoms with Gasteiger partial charge in [-0.1, -0.05) is 18.9 Å². The Kier molecular flexibility index (Phi) is 6.64. The number of nitrogens with zero attached hydrogens (tertiary/aromatic N) is 3. The molecular formula is C28H33F2N3O2. The molecular weight excluding hydrogens is 448 g/mol. The fraction of sp³-hybridized carbons (Fsp3) is 0.464. The second kappa shape index (κ2) is 9.70. The van der Waals surface area contributed by atoms with Gasteiger partial charge in [0.2, 0.25) is 0 Å². The number of carbonyl (C=O) groups is 1. The lowest BCUT2D eigenvalue weighted by Gasteiger charge is -2.31. The van der Waals surface area contributed by atoms with Gasteiger partial charge in [0.1, 0.15) is 12.0 Å². The summed E-state index contributed by atoms with van der Waals surface area (Å²) < 4.78 is 32.0. The summed E-state index contributed by atoms with van der Waals surface area (Å²) in [4.78, 5) is 16.2. The molecule has 5 rings (SSSR count). The van der Waals surface area contributed by atoms with Crippen LogP contribution < -0.4 is 0 Å². The number of carboxylic acid groups (broad SMARTS) is 1. The molecule has 2 atom stereocenters. The Morgan fingerprint density at radius 2 is 1.91 bits per heavy atom. The van der Waals surface area contributed by atoms with Gasteiger partial charge in [-0.05, 0) is 68.4 Å². The zero-order valence-electron chi connectivity index (χ0n) is 20.4. The highest BCUT2D eigenvalue weighted by molar-refractivity contribution is 5.98. The van der Waals surface area contributed by atoms with Gasteiger partial charge < -0.3 is 14.6 Å². The van der Waals surface area contributed by atoms with Gasteiger partial charge >= 0.3 is 5.97 Å². The Bertz CT molecular complexity index is 1250. The second-order valence-corrected chi connectivity index (χ2v) is 10.2. The summed E-state index contributed by atoms with van der Waals surface area (Å²) in [6.45, 7) is 3.72. The minimum atomic E-state index is -0.981. The summed E-state index contributed by atoms with van der Waals surface area (Å²) in [6.07, 6.45) is 2.22. The molecule has 0 spiro atoms. The van der Waals surface area contributed by atoms with Gasteiger partial charge in [-0.2, -0.15) is 0 Å². The summed E-state index contributed by atoms with van der Waals surface area (Å²) in [5.74, 6) is -1.51. The number of hydrogen-bond donors (Lipinski definition) is 1. The van der Waals surface area contributed by atoms with Crippen LogP contribution in [0.15, 0.2) is 36.4 Å². The fourth-order valence-corrected chi connectivity index (χ4v) is 5.84. The number of aromatic carboxylic acids is 1. The molecule has 1 aromatic heterocycles. The molecule has 2 heterocycles. The maximum atomic E-state index is 15.4. The van der Waals surface area contributed by atoms with Gasteiger partial charge in [0.15, 0.2) is 0 Å². The maximum Gasteiger partial charge on any atom is 0.335 e. The third kappa shape index (κ3) is 4.59. The van der Waals surface area contributed by atoms with Crippen LogP contribution in [0.25, 0.3) is 22.2 Å². The van der Waals surface area contributed by atoms with Gasteiger partial charge in [0.05, 0.1) is 11.3 Å². The Labute approximate surface area is 204 Å². The molecule has 2 aliphatic rings. The van der Waals surface area contributed by atoms with E-state index in [2.05, 4.69) is 14.4 Å². The van der Waals surface area contributed by atoms with E-state index in [4.69, 9.17) is 0 Å². The van der Waals surface area contributed by atoms with Crippen LogP contribution >= 0.6 is 0 Å². The van der Waals surface area contributed by atoms with Gasteiger partial charge in [0, 0.05) is 55.1 Å². The Morgan fingerprint density at radius 3 is 2.66 bits per heavy atom. The first kappa shape index (κ1) is 23.9. The molecule has 1 saturated carbocycles. The number of halogens is 2. The minimum Gasteiger partial charge on any atom is -0.478 e. The Hall–Kier alpha value is -2.77. The number of carboxylic acids is 1. The predicted molar refractivity (Wildman–Crippen MR) is 134 cm³/mol. The van der Waals surface area contributed by atoms with Crippen molar-refractivity contribution in [3.8, 4) is 11.3 Å². The average Bonchev–Trinajstić information content (AvgIpc) is 3.12. The summed E-state index contributed by atoms with van der Waals surface area (Å²) in [7, 11) is 4.07. The first-order valence-electron chi connectivity index (χ1n) is 12.5. The number of benzene rings is 2. The van der Waals surface area contributed by atoms with E-state index in [1.807, 2.05) is 26.2 Å². The van der Waals surface area contributed by atoms with Crippen LogP contribution in [0.1, 0.15) is 53.1 Å². The van der Waals surface area contributed by atoms with Crippen LogP contribution in [0, 0.1) is 5.82 Å². The van der Waals surface area contributed by atoms with Gasteiger partial charge in [-0.25, -0.2) is 13.6 Å². The molecule has 1 fully saturated rings. The number of aromatic nitrogens is 1. The summed E-state index contributed by atoms with van der Waals surface area (Å²) in [5, 5.41) is 10.6. The SMILES string of the molecule is CN(C)CCN1CCn2c(c([C@@H]3CCCC[C@H]3F)c3ccc(C(=O)O)cc32)-c2ccc(F)cc2C1. The average molecular weight is 482 g/mol. The molecule has 1 aliphatic carbocycles. The van der Waals surface area contributed by atoms with E-state index in [1.165, 1.54) is 6.07 Å². The van der Waals surface area contributed by atoms with Crippen LogP contribution in [0.2, 0.25) is 0 Å². The summed E-state index contributed by atoms with van der Waals surface area (Å²) in [6, 6.07) is 10.1. The number of alkyl halides is 1. The number of fused-ring (bicyclic) bond motifs is 5. The van der Waals surface area contributed by atoms with Crippen molar-refractivity contribution in [3.05, 3.63) is 58.9 Å². The van der Waals surface area contributed by atoms with Crippen LogP contribution in [0.5, 0.6) is 0 Å². The van der Waals surface area contributed by atoms with E-state index < -0.39 is 12.1 Å². The zero-order chi connectivity index (χ0) is 24.7. The lowest BCUT2D eigenvalue weighted by atomic mass is 9.80. The number of likely N-dealkylation sites (N-methyl/N-ethyl adjacent to an activating group) is 1. The standard InChI is InChI=1S/C28H33F2N3O2/c1-31(2)11-12-32-13-14-33-25-16-18(28(34)35)7-9-23(25)26(22-5-3-4-6-24(22)30)27(33)21-10-8-20(29)15-19(21)17-32/h7-10,15-16,22,24H,3-6,11-14,17H2,1-2H3,(H,34,35)/t22-,24-/m1/s1. The molecule has 1 aliphatic heterocycles. The molecule has 2 aromatic carbocycles. The van der Waals surface area contributed by atoms with Crippen LogP contribution in [-0.4, -0.2) is 65.3 Å². The predicted octanol–water partition coefficient (Wildman–Crippen LogP) is 5.52. The highest BCUT2D eigenvalue weighted by Crippen LogP contribution is 2.46. The van der Waals surface area contributed by atoms with Crippen LogP contribution in [0.4, 0.5) is 8.78 Å². The van der Waals surface area contributed by atoms with Crippen molar-refractivity contribution in [2.24, 2.45) is 0 Å². The van der Waals surface area contributed by atoms with Gasteiger partial charge in [-0.15, -0.1) is 0 Å². The minimum absolute atomic E-state index is 0.218. The van der Waals surface area contributed by atoms with Gasteiger partial charge in [-0.3, -0.25) is 4.90 Å². The number of hydrogen-bond acceptors (Lipinski definition) is 3. The normalized spacial score (nSPS) is 20.9. The van der Waals surface area contributed by atoms with E-state index in [9.17, 15) is 14.3 Å². The third-order valence-corrected chi connectivity index (χ3v) is 7.62. The van der Waals surface area contributed by atoms with Crippen LogP contribution in [0.3, 0.4) is 0 Å². The molecule has 0 unspecified atom stereocenters. The topological polar surface area (TPSA) is 48.7 Å². The zero-order valence-corrected chi connectivity index (χ0v) is 20.4. The van der Waals surface area contributed by atoms with E-state index in [0.29, 0.717) is 19.5 Å². The van der Waals surface area contributed by atoms with E-state index in [1.54, 1.807) is 18.2 Å². The van der Waals surface area contributed by atoms with Crippen molar-refractivity contribution in [3.63, 3.8) is 0 Å².